The summed E-state index contributed by atoms with van der Waals surface area (Å²) in [6.45, 7) is 5.13. The van der Waals surface area contributed by atoms with Crippen molar-refractivity contribution < 1.29 is 14.5 Å². The van der Waals surface area contributed by atoms with Gasteiger partial charge in [-0.3, -0.25) is 4.79 Å². The highest BCUT2D eigenvalue weighted by molar-refractivity contribution is 5.76. The van der Waals surface area contributed by atoms with Crippen LogP contribution in [-0.2, 0) is 11.2 Å². The second kappa shape index (κ2) is 9.18. The van der Waals surface area contributed by atoms with E-state index in [0.717, 1.165) is 0 Å². The summed E-state index contributed by atoms with van der Waals surface area (Å²) in [4.78, 5) is 12.0. The molecule has 0 aliphatic rings. The molecule has 0 unspecified atom stereocenters. The molecule has 0 saturated carbocycles. The van der Waals surface area contributed by atoms with E-state index in [-0.39, 0.29) is 17.8 Å². The van der Waals surface area contributed by atoms with Crippen molar-refractivity contribution in [3.8, 4) is 0 Å². The smallest absolute Gasteiger partial charge is 0.275 e. The number of hydrogen-bond donors (Lipinski definition) is 2. The van der Waals surface area contributed by atoms with Crippen LogP contribution in [0.25, 0.3) is 0 Å². The zero-order valence-corrected chi connectivity index (χ0v) is 14.3. The van der Waals surface area contributed by atoms with Crippen molar-refractivity contribution in [1.82, 2.24) is 5.32 Å². The van der Waals surface area contributed by atoms with Crippen LogP contribution in [0.1, 0.15) is 31.0 Å². The van der Waals surface area contributed by atoms with Crippen LogP contribution < -0.4 is 10.6 Å². The summed E-state index contributed by atoms with van der Waals surface area (Å²) in [7, 11) is 0. The number of nitrogens with two attached hydrogens (primary N) is 1. The normalized spacial score (nSPS) is 12.2. The number of carbonyl (C=O) groups is 1. The number of carbonyl (C=O) groups excluding carboxylic acids is 1. The van der Waals surface area contributed by atoms with E-state index in [1.165, 1.54) is 11.6 Å². The molecule has 2 aromatic rings. The zero-order valence-electron chi connectivity index (χ0n) is 14.3. The molecule has 0 fully saturated rings. The van der Waals surface area contributed by atoms with Crippen molar-refractivity contribution in [2.45, 2.75) is 26.3 Å². The third kappa shape index (κ3) is 5.46. The SMILES string of the molecule is CC(C)[C@H]([NH2+]CC(=O)NCCc1ccccc1F)c1ccccc1. The molecular weight excluding hydrogens is 303 g/mol. The van der Waals surface area contributed by atoms with Gasteiger partial charge < -0.3 is 10.6 Å². The molecule has 0 saturated heterocycles. The van der Waals surface area contributed by atoms with Gasteiger partial charge in [0.15, 0.2) is 6.54 Å². The molecule has 2 aromatic carbocycles. The Bertz CT molecular complexity index is 643. The quantitative estimate of drug-likeness (QED) is 0.768. The van der Waals surface area contributed by atoms with Gasteiger partial charge in [0.05, 0.1) is 0 Å². The van der Waals surface area contributed by atoms with E-state index in [1.807, 2.05) is 18.2 Å². The van der Waals surface area contributed by atoms with Crippen molar-refractivity contribution in [3.05, 3.63) is 71.5 Å². The van der Waals surface area contributed by atoms with E-state index in [1.54, 1.807) is 18.2 Å². The molecule has 0 heterocycles. The number of rotatable bonds is 8. The number of nitrogens with one attached hydrogen (secondary N) is 1. The second-order valence-electron chi connectivity index (χ2n) is 6.31. The molecule has 3 N–H and O–H groups in total. The molecule has 128 valence electrons. The number of hydrogen-bond acceptors (Lipinski definition) is 1. The Labute approximate surface area is 143 Å². The standard InChI is InChI=1S/C20H25FN2O/c1-15(2)20(17-9-4-3-5-10-17)23-14-19(24)22-13-12-16-8-6-7-11-18(16)21/h3-11,15,20,23H,12-14H2,1-2H3,(H,22,24)/p+1/t20-/m0/s1. The highest BCUT2D eigenvalue weighted by Crippen LogP contribution is 2.16. The zero-order chi connectivity index (χ0) is 17.4. The van der Waals surface area contributed by atoms with E-state index in [9.17, 15) is 9.18 Å². The van der Waals surface area contributed by atoms with Gasteiger partial charge in [0, 0.05) is 18.0 Å². The first-order chi connectivity index (χ1) is 11.6. The highest BCUT2D eigenvalue weighted by Gasteiger charge is 2.19. The fraction of sp³-hybridized carbons (Fsp3) is 0.350. The molecule has 0 aliphatic heterocycles. The molecule has 24 heavy (non-hydrogen) atoms. The largest absolute Gasteiger partial charge is 0.351 e. The summed E-state index contributed by atoms with van der Waals surface area (Å²) in [6.07, 6.45) is 0.505. The van der Waals surface area contributed by atoms with Gasteiger partial charge in [0.2, 0.25) is 0 Å². The molecule has 1 atom stereocenters. The second-order valence-corrected chi connectivity index (χ2v) is 6.31. The summed E-state index contributed by atoms with van der Waals surface area (Å²) in [5, 5.41) is 4.94. The Balaban J connectivity index is 1.78. The molecule has 1 amide bonds. The molecule has 0 aromatic heterocycles. The van der Waals surface area contributed by atoms with Crippen molar-refractivity contribution in [1.29, 1.82) is 0 Å². The Morgan fingerprint density at radius 3 is 2.42 bits per heavy atom. The molecule has 0 radical (unpaired) electrons. The number of benzene rings is 2. The Kier molecular flexibility index (Phi) is 6.94. The first-order valence-corrected chi connectivity index (χ1v) is 8.46. The van der Waals surface area contributed by atoms with E-state index < -0.39 is 0 Å². The lowest BCUT2D eigenvalue weighted by Crippen LogP contribution is -2.88. The topological polar surface area (TPSA) is 45.7 Å². The fourth-order valence-corrected chi connectivity index (χ4v) is 2.81. The minimum Gasteiger partial charge on any atom is -0.351 e. The lowest BCUT2D eigenvalue weighted by Gasteiger charge is -2.19. The van der Waals surface area contributed by atoms with Gasteiger partial charge in [0.1, 0.15) is 11.9 Å². The molecule has 0 aliphatic carbocycles. The van der Waals surface area contributed by atoms with Crippen LogP contribution in [0.5, 0.6) is 0 Å². The van der Waals surface area contributed by atoms with Gasteiger partial charge in [-0.25, -0.2) is 4.39 Å². The average Bonchev–Trinajstić information content (AvgIpc) is 2.57. The molecule has 3 nitrogen and oxygen atoms in total. The van der Waals surface area contributed by atoms with Gasteiger partial charge in [-0.05, 0) is 18.1 Å². The molecule has 0 bridgehead atoms. The van der Waals surface area contributed by atoms with Gasteiger partial charge in [0.25, 0.3) is 5.91 Å². The maximum Gasteiger partial charge on any atom is 0.275 e. The third-order valence-electron chi connectivity index (χ3n) is 4.13. The van der Waals surface area contributed by atoms with Crippen LogP contribution >= 0.6 is 0 Å². The van der Waals surface area contributed by atoms with Crippen molar-refractivity contribution >= 4 is 5.91 Å². The monoisotopic (exact) mass is 329 g/mol. The number of quaternary nitrogens is 1. The fourth-order valence-electron chi connectivity index (χ4n) is 2.81. The molecule has 0 spiro atoms. The van der Waals surface area contributed by atoms with Crippen molar-refractivity contribution in [3.63, 3.8) is 0 Å². The van der Waals surface area contributed by atoms with E-state index in [2.05, 4.69) is 36.6 Å². The van der Waals surface area contributed by atoms with Crippen LogP contribution in [0.3, 0.4) is 0 Å². The summed E-state index contributed by atoms with van der Waals surface area (Å²) in [5.74, 6) is 0.189. The lowest BCUT2D eigenvalue weighted by atomic mass is 9.96. The number of halogens is 1. The minimum absolute atomic E-state index is 0.0204. The first kappa shape index (κ1) is 18.1. The summed E-state index contributed by atoms with van der Waals surface area (Å²) >= 11 is 0. The number of amides is 1. The summed E-state index contributed by atoms with van der Waals surface area (Å²) in [5.41, 5.74) is 1.86. The van der Waals surface area contributed by atoms with Crippen LogP contribution in [0.15, 0.2) is 54.6 Å². The van der Waals surface area contributed by atoms with Crippen LogP contribution in [-0.4, -0.2) is 19.0 Å². The van der Waals surface area contributed by atoms with Gasteiger partial charge in [-0.1, -0.05) is 62.4 Å². The van der Waals surface area contributed by atoms with E-state index in [4.69, 9.17) is 0 Å². The lowest BCUT2D eigenvalue weighted by molar-refractivity contribution is -0.692. The van der Waals surface area contributed by atoms with Crippen molar-refractivity contribution in [2.75, 3.05) is 13.1 Å². The summed E-state index contributed by atoms with van der Waals surface area (Å²) in [6, 6.07) is 17.1. The van der Waals surface area contributed by atoms with E-state index in [0.29, 0.717) is 31.0 Å². The van der Waals surface area contributed by atoms with Crippen molar-refractivity contribution in [2.24, 2.45) is 5.92 Å². The van der Waals surface area contributed by atoms with Crippen LogP contribution in [0.4, 0.5) is 4.39 Å². The van der Waals surface area contributed by atoms with Gasteiger partial charge >= 0.3 is 0 Å². The highest BCUT2D eigenvalue weighted by atomic mass is 19.1. The maximum atomic E-state index is 13.5. The van der Waals surface area contributed by atoms with Crippen LogP contribution in [0, 0.1) is 11.7 Å². The minimum atomic E-state index is -0.220. The van der Waals surface area contributed by atoms with E-state index >= 15 is 0 Å². The Hall–Kier alpha value is -2.20. The first-order valence-electron chi connectivity index (χ1n) is 8.46. The molecular formula is C20H26FN2O+. The van der Waals surface area contributed by atoms with Gasteiger partial charge in [-0.15, -0.1) is 0 Å². The van der Waals surface area contributed by atoms with Gasteiger partial charge in [-0.2, -0.15) is 0 Å². The molecule has 4 heteroatoms. The summed E-state index contributed by atoms with van der Waals surface area (Å²) < 4.78 is 13.5. The van der Waals surface area contributed by atoms with Crippen LogP contribution in [0.2, 0.25) is 0 Å². The average molecular weight is 329 g/mol. The third-order valence-corrected chi connectivity index (χ3v) is 4.13. The maximum absolute atomic E-state index is 13.5. The molecule has 2 rings (SSSR count). The predicted molar refractivity (Wildman–Crippen MR) is 93.9 cm³/mol. The Morgan fingerprint density at radius 1 is 1.08 bits per heavy atom. The predicted octanol–water partition coefficient (Wildman–Crippen LogP) is 2.45. The Morgan fingerprint density at radius 2 is 1.75 bits per heavy atom.